The van der Waals surface area contributed by atoms with E-state index in [2.05, 4.69) is 203 Å². The Morgan fingerprint density at radius 3 is 0.983 bits per heavy atom. The summed E-state index contributed by atoms with van der Waals surface area (Å²) < 4.78 is 18.6. The first-order chi connectivity index (χ1) is 28.8. The average Bonchev–Trinajstić information content (AvgIpc) is 4.04. The van der Waals surface area contributed by atoms with Gasteiger partial charge in [0.25, 0.3) is 0 Å². The SMILES string of the molecule is c1cc(-c2cccc3c2oc2c3ccc3c4cccc(-c5cccc(-n6c7ccccc7c7ccccc76)c5)c4oc32)cc(-n2c3ccccc3c3ccccc32)c1. The molecule has 4 heteroatoms. The van der Waals surface area contributed by atoms with E-state index in [-0.39, 0.29) is 0 Å². The summed E-state index contributed by atoms with van der Waals surface area (Å²) in [5.74, 6) is 0. The van der Waals surface area contributed by atoms with Crippen molar-refractivity contribution in [1.82, 2.24) is 9.13 Å². The second kappa shape index (κ2) is 11.8. The Morgan fingerprint density at radius 1 is 0.259 bits per heavy atom. The van der Waals surface area contributed by atoms with E-state index in [0.29, 0.717) is 0 Å². The Hall–Kier alpha value is -7.82. The van der Waals surface area contributed by atoms with Crippen molar-refractivity contribution in [2.45, 2.75) is 0 Å². The summed E-state index contributed by atoms with van der Waals surface area (Å²) in [6, 6.07) is 69.4. The van der Waals surface area contributed by atoms with Crippen LogP contribution in [0.15, 0.2) is 203 Å². The number of hydrogen-bond acceptors (Lipinski definition) is 2. The Balaban J connectivity index is 0.971. The third kappa shape index (κ3) is 4.34. The molecular formula is C54H32N2O2. The second-order valence-corrected chi connectivity index (χ2v) is 15.2. The first-order valence-electron chi connectivity index (χ1n) is 19.8. The van der Waals surface area contributed by atoms with Gasteiger partial charge >= 0.3 is 0 Å². The predicted molar refractivity (Wildman–Crippen MR) is 241 cm³/mol. The van der Waals surface area contributed by atoms with Crippen molar-refractivity contribution in [3.05, 3.63) is 194 Å². The van der Waals surface area contributed by atoms with Crippen molar-refractivity contribution >= 4 is 87.5 Å². The molecule has 0 N–H and O–H groups in total. The van der Waals surface area contributed by atoms with E-state index in [1.807, 2.05) is 0 Å². The van der Waals surface area contributed by atoms with Crippen molar-refractivity contribution < 1.29 is 8.83 Å². The zero-order chi connectivity index (χ0) is 37.9. The summed E-state index contributed by atoms with van der Waals surface area (Å²) in [5.41, 5.74) is 14.5. The van der Waals surface area contributed by atoms with Gasteiger partial charge in [-0.3, -0.25) is 0 Å². The predicted octanol–water partition coefficient (Wildman–Crippen LogP) is 15.0. The van der Waals surface area contributed by atoms with Crippen LogP contribution in [0.2, 0.25) is 0 Å². The van der Waals surface area contributed by atoms with E-state index in [9.17, 15) is 0 Å². The van der Waals surface area contributed by atoms with Crippen LogP contribution < -0.4 is 0 Å². The number of benzene rings is 9. The largest absolute Gasteiger partial charge is 0.451 e. The summed E-state index contributed by atoms with van der Waals surface area (Å²) in [7, 11) is 0. The second-order valence-electron chi connectivity index (χ2n) is 15.2. The van der Waals surface area contributed by atoms with E-state index in [1.165, 1.54) is 43.6 Å². The number of para-hydroxylation sites is 6. The zero-order valence-corrected chi connectivity index (χ0v) is 31.2. The van der Waals surface area contributed by atoms with Gasteiger partial charge in [-0.05, 0) is 71.8 Å². The molecule has 0 radical (unpaired) electrons. The van der Waals surface area contributed by atoms with Crippen molar-refractivity contribution in [2.24, 2.45) is 0 Å². The maximum Gasteiger partial charge on any atom is 0.178 e. The highest BCUT2D eigenvalue weighted by atomic mass is 16.4. The molecule has 4 nitrogen and oxygen atoms in total. The Morgan fingerprint density at radius 2 is 0.586 bits per heavy atom. The molecule has 0 fully saturated rings. The van der Waals surface area contributed by atoms with Gasteiger partial charge in [0.05, 0.1) is 22.1 Å². The minimum atomic E-state index is 0.764. The van der Waals surface area contributed by atoms with Gasteiger partial charge in [0.1, 0.15) is 11.2 Å². The van der Waals surface area contributed by atoms with E-state index in [4.69, 9.17) is 8.83 Å². The summed E-state index contributed by atoms with van der Waals surface area (Å²) >= 11 is 0. The fraction of sp³-hybridized carbons (Fsp3) is 0. The Bertz CT molecular complexity index is 3460. The topological polar surface area (TPSA) is 36.1 Å². The van der Waals surface area contributed by atoms with Crippen molar-refractivity contribution in [1.29, 1.82) is 0 Å². The lowest BCUT2D eigenvalue weighted by atomic mass is 10.0. The molecule has 13 rings (SSSR count). The fourth-order valence-electron chi connectivity index (χ4n) is 9.59. The van der Waals surface area contributed by atoms with Crippen LogP contribution in [0, 0.1) is 0 Å². The molecule has 9 aromatic carbocycles. The van der Waals surface area contributed by atoms with Crippen molar-refractivity contribution in [3.8, 4) is 33.6 Å². The Kier molecular flexibility index (Phi) is 6.41. The highest BCUT2D eigenvalue weighted by Crippen LogP contribution is 2.44. The number of hydrogen-bond donors (Lipinski definition) is 0. The number of nitrogens with zero attached hydrogens (tertiary/aromatic N) is 2. The third-order valence-corrected chi connectivity index (χ3v) is 12.1. The summed E-state index contributed by atoms with van der Waals surface area (Å²) in [6.45, 7) is 0. The monoisotopic (exact) mass is 740 g/mol. The summed E-state index contributed by atoms with van der Waals surface area (Å²) in [5, 5.41) is 9.20. The van der Waals surface area contributed by atoms with Gasteiger partial charge in [0, 0.05) is 65.6 Å². The minimum Gasteiger partial charge on any atom is -0.451 e. The maximum atomic E-state index is 6.94. The molecular weight excluding hydrogens is 709 g/mol. The fourth-order valence-corrected chi connectivity index (χ4v) is 9.59. The molecule has 0 atom stereocenters. The van der Waals surface area contributed by atoms with Gasteiger partial charge in [-0.25, -0.2) is 0 Å². The molecule has 58 heavy (non-hydrogen) atoms. The van der Waals surface area contributed by atoms with Gasteiger partial charge in [-0.15, -0.1) is 0 Å². The average molecular weight is 741 g/mol. The summed E-state index contributed by atoms with van der Waals surface area (Å²) in [4.78, 5) is 0. The molecule has 0 bridgehead atoms. The van der Waals surface area contributed by atoms with Crippen LogP contribution in [0.5, 0.6) is 0 Å². The zero-order valence-electron chi connectivity index (χ0n) is 31.2. The van der Waals surface area contributed by atoms with Crippen LogP contribution in [0.4, 0.5) is 0 Å². The lowest BCUT2D eigenvalue weighted by molar-refractivity contribution is 0.634. The smallest absolute Gasteiger partial charge is 0.178 e. The van der Waals surface area contributed by atoms with Crippen molar-refractivity contribution in [2.75, 3.05) is 0 Å². The number of furan rings is 2. The molecule has 4 heterocycles. The van der Waals surface area contributed by atoms with E-state index in [1.54, 1.807) is 0 Å². The van der Waals surface area contributed by atoms with Crippen LogP contribution in [-0.4, -0.2) is 9.13 Å². The number of fused-ring (bicyclic) bond motifs is 13. The molecule has 0 amide bonds. The third-order valence-electron chi connectivity index (χ3n) is 12.1. The van der Waals surface area contributed by atoms with E-state index < -0.39 is 0 Å². The quantitative estimate of drug-likeness (QED) is 0.180. The first kappa shape index (κ1) is 31.4. The molecule has 0 aliphatic heterocycles. The van der Waals surface area contributed by atoms with Gasteiger partial charge in [0.2, 0.25) is 0 Å². The standard InChI is InChI=1S/C54H32N2O2/c1-5-25-47-39(17-1)40-18-2-6-26-48(40)55(47)35-15-9-13-33(31-35)37-21-11-23-43-45-29-30-46-44-24-12-22-38(52(44)58-54(46)53(45)57-51(37)43)34-14-10-16-36(32-34)56-49-27-7-3-19-41(49)42-20-4-8-28-50(42)56/h1-32H. The maximum absolute atomic E-state index is 6.94. The highest BCUT2D eigenvalue weighted by Gasteiger charge is 2.21. The van der Waals surface area contributed by atoms with Crippen LogP contribution in [0.1, 0.15) is 0 Å². The van der Waals surface area contributed by atoms with Crippen LogP contribution >= 0.6 is 0 Å². The lowest BCUT2D eigenvalue weighted by Gasteiger charge is -2.10. The highest BCUT2D eigenvalue weighted by molar-refractivity contribution is 6.21. The molecule has 4 aromatic heterocycles. The molecule has 13 aromatic rings. The van der Waals surface area contributed by atoms with Gasteiger partial charge in [-0.2, -0.15) is 0 Å². The minimum absolute atomic E-state index is 0.764. The molecule has 0 spiro atoms. The molecule has 0 aliphatic carbocycles. The molecule has 0 aliphatic rings. The van der Waals surface area contributed by atoms with Crippen LogP contribution in [-0.2, 0) is 0 Å². The molecule has 270 valence electrons. The first-order valence-corrected chi connectivity index (χ1v) is 19.8. The van der Waals surface area contributed by atoms with Gasteiger partial charge in [0.15, 0.2) is 11.2 Å². The van der Waals surface area contributed by atoms with Gasteiger partial charge in [-0.1, -0.05) is 133 Å². The molecule has 0 saturated carbocycles. The van der Waals surface area contributed by atoms with E-state index in [0.717, 1.165) is 77.5 Å². The molecule has 0 saturated heterocycles. The summed E-state index contributed by atoms with van der Waals surface area (Å²) in [6.07, 6.45) is 0. The molecule has 0 unspecified atom stereocenters. The van der Waals surface area contributed by atoms with Gasteiger partial charge < -0.3 is 18.0 Å². The van der Waals surface area contributed by atoms with Crippen LogP contribution in [0.3, 0.4) is 0 Å². The number of rotatable bonds is 4. The lowest BCUT2D eigenvalue weighted by Crippen LogP contribution is -1.94. The van der Waals surface area contributed by atoms with Crippen LogP contribution in [0.25, 0.3) is 121 Å². The van der Waals surface area contributed by atoms with Crippen molar-refractivity contribution in [3.63, 3.8) is 0 Å². The normalized spacial score (nSPS) is 12.1. The Labute approximate surface area is 332 Å². The van der Waals surface area contributed by atoms with E-state index >= 15 is 0 Å². The number of aromatic nitrogens is 2.